The molecule has 1 nitrogen and oxygen atoms in total. The number of alkyl halides is 2. The second kappa shape index (κ2) is 3.70. The Bertz CT molecular complexity index is 73.3. The Morgan fingerprint density at radius 2 is 2.14 bits per heavy atom. The highest BCUT2D eigenvalue weighted by Crippen LogP contribution is 2.01. The van der Waals surface area contributed by atoms with Crippen LogP contribution < -0.4 is 0 Å². The minimum absolute atomic E-state index is 0.364. The maximum atomic E-state index is 10.2. The van der Waals surface area contributed by atoms with E-state index in [4.69, 9.17) is 23.2 Å². The highest BCUT2D eigenvalue weighted by atomic mass is 35.5. The van der Waals surface area contributed by atoms with Crippen molar-refractivity contribution in [3.8, 4) is 0 Å². The Hall–Kier alpha value is 0.730. The first-order valence-corrected chi connectivity index (χ1v) is 4.31. The van der Waals surface area contributed by atoms with Gasteiger partial charge in [0.1, 0.15) is 4.84 Å². The molecule has 0 aliphatic rings. The van der Waals surface area contributed by atoms with E-state index in [2.05, 4.69) is 0 Å². The lowest BCUT2D eigenvalue weighted by atomic mass is 10.9. The van der Waals surface area contributed by atoms with Crippen LogP contribution >= 0.6 is 23.2 Å². The zero-order chi connectivity index (χ0) is 5.86. The highest BCUT2D eigenvalue weighted by Gasteiger charge is 1.98. The largest absolute Gasteiger partial charge is 0.260 e. The molecule has 0 radical (unpaired) electrons. The van der Waals surface area contributed by atoms with Crippen LogP contribution in [0.25, 0.3) is 0 Å². The number of hydrogen-bond acceptors (Lipinski definition) is 1. The lowest BCUT2D eigenvalue weighted by Crippen LogP contribution is -2.01. The topological polar surface area (TPSA) is 17.1 Å². The van der Waals surface area contributed by atoms with Gasteiger partial charge in [0.2, 0.25) is 0 Å². The minimum atomic E-state index is -0.860. The van der Waals surface area contributed by atoms with Crippen molar-refractivity contribution in [2.45, 2.75) is 4.84 Å². The molecule has 0 N–H and O–H groups in total. The summed E-state index contributed by atoms with van der Waals surface area (Å²) < 4.78 is 10.2. The van der Waals surface area contributed by atoms with Crippen LogP contribution in [0.15, 0.2) is 0 Å². The van der Waals surface area contributed by atoms with Gasteiger partial charge in [0.15, 0.2) is 0 Å². The summed E-state index contributed by atoms with van der Waals surface area (Å²) in [6, 6.07) is 0. The molecule has 0 rings (SSSR count). The zero-order valence-electron chi connectivity index (χ0n) is 3.86. The van der Waals surface area contributed by atoms with E-state index in [1.807, 2.05) is 0 Å². The molecule has 0 fully saturated rings. The van der Waals surface area contributed by atoms with Gasteiger partial charge in [-0.05, 0) is 0 Å². The van der Waals surface area contributed by atoms with Gasteiger partial charge in [-0.15, -0.1) is 23.2 Å². The molecule has 0 aliphatic carbocycles. The quantitative estimate of drug-likeness (QED) is 0.555. The maximum Gasteiger partial charge on any atom is 0.119 e. The SMILES string of the molecule is CS(=O)CC(Cl)Cl. The molecule has 1 unspecified atom stereocenters. The van der Waals surface area contributed by atoms with Crippen LogP contribution in [0.5, 0.6) is 0 Å². The lowest BCUT2D eigenvalue weighted by molar-refractivity contribution is 0.687. The van der Waals surface area contributed by atoms with Crippen LogP contribution in [0.4, 0.5) is 0 Å². The molecule has 0 spiro atoms. The Morgan fingerprint density at radius 3 is 2.14 bits per heavy atom. The van der Waals surface area contributed by atoms with Gasteiger partial charge in [-0.25, -0.2) is 0 Å². The van der Waals surface area contributed by atoms with Gasteiger partial charge in [-0.1, -0.05) is 0 Å². The van der Waals surface area contributed by atoms with Gasteiger partial charge in [0.25, 0.3) is 0 Å². The van der Waals surface area contributed by atoms with Crippen LogP contribution in [0, 0.1) is 0 Å². The first-order chi connectivity index (χ1) is 3.13. The standard InChI is InChI=1S/C3H6Cl2OS/c1-7(6)2-3(4)5/h3H,2H2,1H3. The molecule has 0 heterocycles. The van der Waals surface area contributed by atoms with Gasteiger partial charge in [-0.2, -0.15) is 0 Å². The molecule has 0 saturated heterocycles. The molecule has 0 aliphatic heterocycles. The fraction of sp³-hybridized carbons (Fsp3) is 1.00. The van der Waals surface area contributed by atoms with Crippen molar-refractivity contribution in [1.82, 2.24) is 0 Å². The summed E-state index contributed by atoms with van der Waals surface area (Å²) in [4.78, 5) is -0.481. The highest BCUT2D eigenvalue weighted by molar-refractivity contribution is 7.84. The Labute approximate surface area is 55.4 Å². The van der Waals surface area contributed by atoms with Crippen molar-refractivity contribution >= 4 is 34.0 Å². The molecular formula is C3H6Cl2OS. The van der Waals surface area contributed by atoms with E-state index in [1.54, 1.807) is 6.26 Å². The summed E-state index contributed by atoms with van der Waals surface area (Å²) in [6.45, 7) is 0. The fourth-order valence-corrected chi connectivity index (χ4v) is 1.60. The Kier molecular flexibility index (Phi) is 4.08. The third-order valence-corrected chi connectivity index (χ3v) is 1.84. The van der Waals surface area contributed by atoms with Crippen molar-refractivity contribution in [3.05, 3.63) is 0 Å². The third-order valence-electron chi connectivity index (χ3n) is 0.361. The van der Waals surface area contributed by atoms with Crippen LogP contribution in [-0.2, 0) is 10.8 Å². The Balaban J connectivity index is 3.13. The molecule has 0 aromatic carbocycles. The predicted molar refractivity (Wildman–Crippen MR) is 34.4 cm³/mol. The molecule has 0 aromatic rings. The number of halogens is 2. The van der Waals surface area contributed by atoms with Gasteiger partial charge in [0.05, 0.1) is 5.75 Å². The molecule has 0 bridgehead atoms. The van der Waals surface area contributed by atoms with Crippen molar-refractivity contribution in [2.24, 2.45) is 0 Å². The van der Waals surface area contributed by atoms with E-state index in [-0.39, 0.29) is 0 Å². The van der Waals surface area contributed by atoms with E-state index in [0.29, 0.717) is 5.75 Å². The van der Waals surface area contributed by atoms with Gasteiger partial charge < -0.3 is 0 Å². The normalized spacial score (nSPS) is 14.9. The van der Waals surface area contributed by atoms with Crippen LogP contribution in [0.2, 0.25) is 0 Å². The molecule has 1 atom stereocenters. The lowest BCUT2D eigenvalue weighted by Gasteiger charge is -1.91. The summed E-state index contributed by atoms with van der Waals surface area (Å²) >= 11 is 10.5. The summed E-state index contributed by atoms with van der Waals surface area (Å²) in [6.07, 6.45) is 1.57. The maximum absolute atomic E-state index is 10.2. The summed E-state index contributed by atoms with van der Waals surface area (Å²) in [5, 5.41) is 0. The smallest absolute Gasteiger partial charge is 0.119 e. The second-order valence-electron chi connectivity index (χ2n) is 1.13. The Morgan fingerprint density at radius 1 is 1.71 bits per heavy atom. The molecule has 0 aromatic heterocycles. The van der Waals surface area contributed by atoms with Crippen molar-refractivity contribution in [2.75, 3.05) is 12.0 Å². The number of rotatable bonds is 2. The van der Waals surface area contributed by atoms with Crippen molar-refractivity contribution < 1.29 is 4.21 Å². The van der Waals surface area contributed by atoms with Gasteiger partial charge in [-0.3, -0.25) is 4.21 Å². The molecule has 4 heteroatoms. The molecule has 44 valence electrons. The van der Waals surface area contributed by atoms with Gasteiger partial charge >= 0.3 is 0 Å². The monoisotopic (exact) mass is 160 g/mol. The summed E-state index contributed by atoms with van der Waals surface area (Å²) in [7, 11) is -0.860. The average molecular weight is 161 g/mol. The van der Waals surface area contributed by atoms with E-state index < -0.39 is 15.6 Å². The summed E-state index contributed by atoms with van der Waals surface area (Å²) in [5.74, 6) is 0.364. The predicted octanol–water partition coefficient (Wildman–Crippen LogP) is 1.17. The second-order valence-corrected chi connectivity index (χ2v) is 3.89. The molecule has 7 heavy (non-hydrogen) atoms. The van der Waals surface area contributed by atoms with E-state index >= 15 is 0 Å². The first-order valence-electron chi connectivity index (χ1n) is 1.71. The first kappa shape index (κ1) is 7.73. The van der Waals surface area contributed by atoms with Gasteiger partial charge in [0, 0.05) is 17.1 Å². The van der Waals surface area contributed by atoms with E-state index in [1.165, 1.54) is 0 Å². The zero-order valence-corrected chi connectivity index (χ0v) is 6.19. The van der Waals surface area contributed by atoms with Crippen LogP contribution in [0.3, 0.4) is 0 Å². The number of hydrogen-bond donors (Lipinski definition) is 0. The van der Waals surface area contributed by atoms with E-state index in [9.17, 15) is 4.21 Å². The molecule has 0 saturated carbocycles. The van der Waals surface area contributed by atoms with Crippen molar-refractivity contribution in [1.29, 1.82) is 0 Å². The molecule has 0 amide bonds. The minimum Gasteiger partial charge on any atom is -0.260 e. The van der Waals surface area contributed by atoms with Crippen LogP contribution in [0.1, 0.15) is 0 Å². The van der Waals surface area contributed by atoms with E-state index in [0.717, 1.165) is 0 Å². The summed E-state index contributed by atoms with van der Waals surface area (Å²) in [5.41, 5.74) is 0. The third kappa shape index (κ3) is 6.73. The molecular weight excluding hydrogens is 155 g/mol. The average Bonchev–Trinajstić information content (AvgIpc) is 1.27. The van der Waals surface area contributed by atoms with Crippen molar-refractivity contribution in [3.63, 3.8) is 0 Å². The fourth-order valence-electron chi connectivity index (χ4n) is 0.177. The van der Waals surface area contributed by atoms with Crippen LogP contribution in [-0.4, -0.2) is 21.1 Å².